The lowest BCUT2D eigenvalue weighted by molar-refractivity contribution is -0.136. The number of nitriles is 1. The molecule has 0 saturated carbocycles. The molecule has 8 heteroatoms. The van der Waals surface area contributed by atoms with E-state index in [-0.39, 0.29) is 11.3 Å². The number of H-pyrrole nitrogens is 1. The number of nitrogens with one attached hydrogen (secondary N) is 1. The number of likely N-dealkylation sites (N-methyl/N-ethyl adjacent to an activating group) is 1. The molecule has 1 amide bonds. The number of hydrogen-bond donors (Lipinski definition) is 1. The van der Waals surface area contributed by atoms with Crippen LogP contribution in [0.15, 0.2) is 42.9 Å². The minimum Gasteiger partial charge on any atom is -0.368 e. The van der Waals surface area contributed by atoms with E-state index in [4.69, 9.17) is 0 Å². The van der Waals surface area contributed by atoms with Crippen LogP contribution < -0.4 is 4.90 Å². The highest BCUT2D eigenvalue weighted by Gasteiger charge is 2.49. The van der Waals surface area contributed by atoms with Gasteiger partial charge in [-0.05, 0) is 44.6 Å². The van der Waals surface area contributed by atoms with Crippen LogP contribution in [0.5, 0.6) is 0 Å². The van der Waals surface area contributed by atoms with E-state index in [1.807, 2.05) is 55.2 Å². The van der Waals surface area contributed by atoms with Crippen LogP contribution in [0, 0.1) is 23.7 Å². The van der Waals surface area contributed by atoms with Crippen molar-refractivity contribution in [1.29, 1.82) is 5.26 Å². The number of benzene rings is 1. The first-order valence-electron chi connectivity index (χ1n) is 11.6. The highest BCUT2D eigenvalue weighted by molar-refractivity contribution is 5.98. The lowest BCUT2D eigenvalue weighted by Crippen LogP contribution is -2.59. The molecule has 2 saturated heterocycles. The fourth-order valence-electron chi connectivity index (χ4n) is 5.27. The van der Waals surface area contributed by atoms with Gasteiger partial charge >= 0.3 is 0 Å². The van der Waals surface area contributed by atoms with Gasteiger partial charge in [0.2, 0.25) is 5.91 Å². The summed E-state index contributed by atoms with van der Waals surface area (Å²) in [5.74, 6) is 0.0796. The number of carbonyl (C=O) groups is 1. The Morgan fingerprint density at radius 2 is 2.09 bits per heavy atom. The third-order valence-corrected chi connectivity index (χ3v) is 7.01. The molecule has 1 aromatic carbocycles. The Hall–Kier alpha value is -3.70. The summed E-state index contributed by atoms with van der Waals surface area (Å²) < 4.78 is 0. The molecular weight excluding hydrogens is 426 g/mol. The number of likely N-dealkylation sites (tertiary alicyclic amines) is 1. The van der Waals surface area contributed by atoms with Crippen molar-refractivity contribution in [3.05, 3.63) is 54.0 Å². The van der Waals surface area contributed by atoms with E-state index in [0.29, 0.717) is 5.56 Å². The number of aromatic amines is 1. The van der Waals surface area contributed by atoms with Crippen molar-refractivity contribution in [2.75, 3.05) is 51.7 Å². The molecule has 1 N–H and O–H groups in total. The van der Waals surface area contributed by atoms with Crippen LogP contribution in [0.2, 0.25) is 0 Å². The van der Waals surface area contributed by atoms with Crippen LogP contribution in [0.1, 0.15) is 17.5 Å². The molecule has 0 unspecified atom stereocenters. The first kappa shape index (κ1) is 22.1. The summed E-state index contributed by atoms with van der Waals surface area (Å²) in [4.78, 5) is 23.2. The van der Waals surface area contributed by atoms with Gasteiger partial charge in [-0.3, -0.25) is 14.9 Å². The number of anilines is 1. The maximum Gasteiger partial charge on any atom is 0.246 e. The zero-order chi connectivity index (χ0) is 23.9. The molecule has 2 fully saturated rings. The molecule has 0 bridgehead atoms. The van der Waals surface area contributed by atoms with Crippen LogP contribution >= 0.6 is 0 Å². The molecule has 4 heterocycles. The molecule has 0 aliphatic carbocycles. The molecule has 34 heavy (non-hydrogen) atoms. The fraction of sp³-hybridized carbons (Fsp3) is 0.385. The number of fused-ring (bicyclic) bond motifs is 1. The highest BCUT2D eigenvalue weighted by atomic mass is 16.2. The van der Waals surface area contributed by atoms with Crippen molar-refractivity contribution in [2.45, 2.75) is 13.3 Å². The molecule has 5 rings (SSSR count). The van der Waals surface area contributed by atoms with Crippen molar-refractivity contribution >= 4 is 22.5 Å². The smallest absolute Gasteiger partial charge is 0.246 e. The summed E-state index contributed by atoms with van der Waals surface area (Å²) in [6.07, 6.45) is 9.99. The first-order chi connectivity index (χ1) is 16.4. The summed E-state index contributed by atoms with van der Waals surface area (Å²) in [6.45, 7) is 6.01. The number of carbonyl (C=O) groups excluding carboxylic acids is 1. The molecule has 0 radical (unpaired) electrons. The number of nitrogens with zero attached hydrogens (tertiary/aromatic N) is 6. The monoisotopic (exact) mass is 455 g/mol. The molecule has 2 aliphatic heterocycles. The van der Waals surface area contributed by atoms with Crippen LogP contribution in [-0.2, 0) is 4.79 Å². The molecule has 0 atom stereocenters. The van der Waals surface area contributed by atoms with Gasteiger partial charge in [-0.1, -0.05) is 12.1 Å². The standard InChI is InChI=1S/C26H29N7O/c1-18-6-7-22-21(13-29-30-22)25(18)20-12-28-14-23(19(20)11-27)32-10-8-26(15-32)16-33(17-26)24(34)5-4-9-31(2)3/h4-7,12-14H,8-10,15-17H2,1-3H3,(H,29,30)/b5-4+. The SMILES string of the molecule is Cc1ccc2[nH]ncc2c1-c1cncc(N2CCC3(CN(C(=O)/C=C/CN(C)C)C3)C2)c1C#N. The average Bonchev–Trinajstić information content (AvgIpc) is 3.45. The second-order valence-corrected chi connectivity index (χ2v) is 9.81. The van der Waals surface area contributed by atoms with Gasteiger partial charge in [-0.25, -0.2) is 0 Å². The number of rotatable bonds is 5. The van der Waals surface area contributed by atoms with Crippen molar-refractivity contribution in [1.82, 2.24) is 25.0 Å². The van der Waals surface area contributed by atoms with E-state index in [9.17, 15) is 10.1 Å². The Morgan fingerprint density at radius 3 is 2.85 bits per heavy atom. The summed E-state index contributed by atoms with van der Waals surface area (Å²) in [5, 5.41) is 18.4. The number of aryl methyl sites for hydroxylation is 1. The predicted octanol–water partition coefficient (Wildman–Crippen LogP) is 2.96. The maximum atomic E-state index is 12.5. The van der Waals surface area contributed by atoms with E-state index < -0.39 is 0 Å². The second kappa shape index (κ2) is 8.58. The summed E-state index contributed by atoms with van der Waals surface area (Å²) in [5.41, 5.74) is 5.45. The highest BCUT2D eigenvalue weighted by Crippen LogP contribution is 2.43. The predicted molar refractivity (Wildman–Crippen MR) is 132 cm³/mol. The maximum absolute atomic E-state index is 12.5. The number of pyridine rings is 1. The van der Waals surface area contributed by atoms with Gasteiger partial charge in [0, 0.05) is 61.4 Å². The van der Waals surface area contributed by atoms with Crippen LogP contribution in [0.4, 0.5) is 5.69 Å². The van der Waals surface area contributed by atoms with Crippen molar-refractivity contribution in [3.8, 4) is 17.2 Å². The van der Waals surface area contributed by atoms with Crippen LogP contribution in [-0.4, -0.2) is 77.7 Å². The van der Waals surface area contributed by atoms with Gasteiger partial charge in [-0.15, -0.1) is 0 Å². The molecule has 2 aliphatic rings. The lowest BCUT2D eigenvalue weighted by atomic mass is 9.79. The van der Waals surface area contributed by atoms with Crippen molar-refractivity contribution < 1.29 is 4.79 Å². The summed E-state index contributed by atoms with van der Waals surface area (Å²) in [6, 6.07) is 6.51. The largest absolute Gasteiger partial charge is 0.368 e. The van der Waals surface area contributed by atoms with E-state index in [1.54, 1.807) is 18.5 Å². The van der Waals surface area contributed by atoms with Gasteiger partial charge in [0.15, 0.2) is 0 Å². The van der Waals surface area contributed by atoms with Crippen LogP contribution in [0.3, 0.4) is 0 Å². The Balaban J connectivity index is 1.37. The Kier molecular flexibility index (Phi) is 5.58. The quantitative estimate of drug-likeness (QED) is 0.595. The van der Waals surface area contributed by atoms with E-state index in [2.05, 4.69) is 26.2 Å². The van der Waals surface area contributed by atoms with Gasteiger partial charge in [0.05, 0.1) is 29.2 Å². The minimum atomic E-state index is 0.0796. The van der Waals surface area contributed by atoms with Gasteiger partial charge in [0.1, 0.15) is 6.07 Å². The third kappa shape index (κ3) is 3.82. The van der Waals surface area contributed by atoms with E-state index >= 15 is 0 Å². The molecule has 174 valence electrons. The molecule has 1 spiro atoms. The van der Waals surface area contributed by atoms with E-state index in [0.717, 1.165) is 72.4 Å². The Bertz CT molecular complexity index is 1310. The lowest BCUT2D eigenvalue weighted by Gasteiger charge is -2.47. The zero-order valence-electron chi connectivity index (χ0n) is 19.9. The molecule has 2 aromatic heterocycles. The second-order valence-electron chi connectivity index (χ2n) is 9.81. The summed E-state index contributed by atoms with van der Waals surface area (Å²) >= 11 is 0. The average molecular weight is 456 g/mol. The van der Waals surface area contributed by atoms with Gasteiger partial charge in [0.25, 0.3) is 0 Å². The topological polar surface area (TPSA) is 92.2 Å². The Labute approximate surface area is 199 Å². The van der Waals surface area contributed by atoms with E-state index in [1.165, 1.54) is 0 Å². The minimum absolute atomic E-state index is 0.0796. The van der Waals surface area contributed by atoms with Crippen molar-refractivity contribution in [2.24, 2.45) is 5.41 Å². The fourth-order valence-corrected chi connectivity index (χ4v) is 5.27. The zero-order valence-corrected chi connectivity index (χ0v) is 19.9. The van der Waals surface area contributed by atoms with Crippen LogP contribution in [0.25, 0.3) is 22.0 Å². The summed E-state index contributed by atoms with van der Waals surface area (Å²) in [7, 11) is 3.97. The first-order valence-corrected chi connectivity index (χ1v) is 11.6. The Morgan fingerprint density at radius 1 is 1.26 bits per heavy atom. The molecular formula is C26H29N7O. The van der Waals surface area contributed by atoms with Gasteiger partial charge in [-0.2, -0.15) is 10.4 Å². The molecule has 8 nitrogen and oxygen atoms in total. The van der Waals surface area contributed by atoms with Crippen molar-refractivity contribution in [3.63, 3.8) is 0 Å². The number of aromatic nitrogens is 3. The third-order valence-electron chi connectivity index (χ3n) is 7.01. The number of hydrogen-bond acceptors (Lipinski definition) is 6. The molecule has 3 aromatic rings. The van der Waals surface area contributed by atoms with Gasteiger partial charge < -0.3 is 14.7 Å². The number of amides is 1. The normalized spacial score (nSPS) is 17.1.